The van der Waals surface area contributed by atoms with Crippen LogP contribution in [-0.4, -0.2) is 41.5 Å². The number of nitrogens with one attached hydrogen (secondary N) is 1. The number of amides is 1. The van der Waals surface area contributed by atoms with E-state index in [1.165, 1.54) is 0 Å². The van der Waals surface area contributed by atoms with Crippen molar-refractivity contribution in [2.45, 2.75) is 45.3 Å². The second-order valence-electron chi connectivity index (χ2n) is 5.23. The van der Waals surface area contributed by atoms with E-state index in [0.29, 0.717) is 11.3 Å². The molecule has 1 N–H and O–H groups in total. The summed E-state index contributed by atoms with van der Waals surface area (Å²) in [5.41, 5.74) is -2.90. The number of pyridine rings is 1. The Morgan fingerprint density at radius 3 is 3.00 bits per heavy atom. The molecule has 8 heteroatoms. The van der Waals surface area contributed by atoms with Gasteiger partial charge in [-0.05, 0) is 63.9 Å². The maximum Gasteiger partial charge on any atom is 1.00 e. The molecule has 1 fully saturated rings. The van der Waals surface area contributed by atoms with Gasteiger partial charge < -0.3 is 15.3 Å². The van der Waals surface area contributed by atoms with Gasteiger partial charge in [0.15, 0.2) is 1.41 Å². The third-order valence-electron chi connectivity index (χ3n) is 3.46. The van der Waals surface area contributed by atoms with E-state index < -0.39 is 109 Å². The zero-order chi connectivity index (χ0) is 33.7. The average molecular weight is 433 g/mol. The van der Waals surface area contributed by atoms with Gasteiger partial charge >= 0.3 is 51.4 Å². The Morgan fingerprint density at radius 1 is 1.56 bits per heavy atom. The monoisotopic (exact) mass is 432 g/mol. The van der Waals surface area contributed by atoms with Crippen molar-refractivity contribution in [2.75, 3.05) is 26.1 Å². The minimum Gasteiger partial charge on any atom is -0.871 e. The molecule has 3 heterocycles. The molecule has 2 aromatic rings. The molecule has 0 saturated carbocycles. The third-order valence-corrected chi connectivity index (χ3v) is 4.25. The number of aromatic nitrogens is 1. The summed E-state index contributed by atoms with van der Waals surface area (Å²) in [5.74, 6) is -3.03. The SMILES string of the molecule is [2H]c1sc2c(c1[2H])c([O-])c(C(=O)N([2H])CCCN1C([2H])([2H])C([2H])([2H])C([2H])([2H])C([2H])([2H])C1([2H])[2H])c(=O)n2C([2H])(C)C([2H])([2H])[2H].[K+]. The summed E-state index contributed by atoms with van der Waals surface area (Å²) < 4.78 is 136. The Hall–Kier alpha value is -0.224. The molecule has 0 aromatic carbocycles. The number of rotatable bonds is 6. The number of hydrogen-bond acceptors (Lipinski definition) is 5. The van der Waals surface area contributed by atoms with Crippen LogP contribution in [0.15, 0.2) is 16.2 Å². The molecule has 0 radical (unpaired) electrons. The molecule has 0 aliphatic carbocycles. The van der Waals surface area contributed by atoms with Gasteiger partial charge in [0.1, 0.15) is 4.83 Å². The average Bonchev–Trinajstić information content (AvgIpc) is 3.12. The number of thiophene rings is 1. The smallest absolute Gasteiger partial charge is 0.871 e. The summed E-state index contributed by atoms with van der Waals surface area (Å²) in [4.78, 5) is 26.2. The van der Waals surface area contributed by atoms with Gasteiger partial charge in [-0.15, -0.1) is 11.3 Å². The molecule has 1 unspecified atom stereocenters. The van der Waals surface area contributed by atoms with Crippen LogP contribution in [-0.2, 0) is 0 Å². The van der Waals surface area contributed by atoms with Crippen molar-refractivity contribution in [2.24, 2.45) is 0 Å². The van der Waals surface area contributed by atoms with Gasteiger partial charge in [-0.3, -0.25) is 14.2 Å². The normalized spacial score (nSPS) is 36.3. The first-order valence-corrected chi connectivity index (χ1v) is 8.31. The molecule has 0 spiro atoms. The molecule has 2 aromatic heterocycles. The molecule has 142 valence electrons. The second kappa shape index (κ2) is 10.5. The predicted molar refractivity (Wildman–Crippen MR) is 103 cm³/mol. The van der Waals surface area contributed by atoms with Crippen LogP contribution in [0.2, 0.25) is 1.41 Å². The Bertz CT molecular complexity index is 1490. The van der Waals surface area contributed by atoms with Crippen molar-refractivity contribution >= 4 is 27.5 Å². The summed E-state index contributed by atoms with van der Waals surface area (Å²) >= 11 is 0.370. The standard InChI is InChI=1S/C19H27N3O3S.K/c1-13(2)22-18(25)15(16(23)14-7-12-26-19(14)22)17(24)20-8-6-11-21-9-4-3-5-10-21;/h7,12-13,23H,3-6,8-11H2,1-2H3,(H,20,24);/q;+1/p-1/i1D3,3D2,4D2,5D2,7D,9D2,10D2,12D,13D;/hD. The zero-order valence-corrected chi connectivity index (χ0v) is 18.5. The van der Waals surface area contributed by atoms with Crippen LogP contribution in [0.5, 0.6) is 5.75 Å². The van der Waals surface area contributed by atoms with Crippen LogP contribution in [0, 0.1) is 0 Å². The maximum absolute atomic E-state index is 13.4. The number of carbonyl (C=O) groups excluding carboxylic acids is 1. The quantitative estimate of drug-likeness (QED) is 0.614. The first kappa shape index (κ1) is 8.87. The van der Waals surface area contributed by atoms with Gasteiger partial charge in [-0.25, -0.2) is 0 Å². The number of nitrogens with zero attached hydrogens (tertiary/aromatic N) is 2. The molecular formula is C19H26KN3O3S. The van der Waals surface area contributed by atoms with E-state index in [1.807, 2.05) is 0 Å². The Kier molecular flexibility index (Phi) is 3.46. The molecule has 27 heavy (non-hydrogen) atoms. The minimum atomic E-state index is -3.64. The van der Waals surface area contributed by atoms with Gasteiger partial charge in [0.05, 0.1) is 9.68 Å². The molecule has 1 saturated heterocycles. The van der Waals surface area contributed by atoms with Crippen molar-refractivity contribution in [1.29, 1.82) is 0 Å². The van der Waals surface area contributed by atoms with Gasteiger partial charge in [0.2, 0.25) is 0 Å². The summed E-state index contributed by atoms with van der Waals surface area (Å²) in [6.45, 7) is -11.0. The van der Waals surface area contributed by atoms with Crippen LogP contribution in [0.4, 0.5) is 0 Å². The van der Waals surface area contributed by atoms with Crippen molar-refractivity contribution in [3.63, 3.8) is 0 Å². The predicted octanol–water partition coefficient (Wildman–Crippen LogP) is -0.673. The second-order valence-corrected chi connectivity index (χ2v) is 6.02. The number of fused-ring (bicyclic) bond motifs is 1. The van der Waals surface area contributed by atoms with Gasteiger partial charge in [0, 0.05) is 35.8 Å². The van der Waals surface area contributed by atoms with Gasteiger partial charge in [-0.1, -0.05) is 12.1 Å². The van der Waals surface area contributed by atoms with Crippen LogP contribution in [0.1, 0.15) is 77.6 Å². The van der Waals surface area contributed by atoms with Crippen LogP contribution >= 0.6 is 11.3 Å². The van der Waals surface area contributed by atoms with Crippen LogP contribution < -0.4 is 67.4 Å². The molecule has 1 amide bonds. The molecule has 6 nitrogen and oxygen atoms in total. The van der Waals surface area contributed by atoms with Crippen LogP contribution in [0.3, 0.4) is 0 Å². The van der Waals surface area contributed by atoms with Crippen molar-refractivity contribution in [3.05, 3.63) is 27.3 Å². The first-order chi connectivity index (χ1) is 19.0. The summed E-state index contributed by atoms with van der Waals surface area (Å²) in [7, 11) is 0. The van der Waals surface area contributed by atoms with E-state index in [1.54, 1.807) is 0 Å². The molecule has 1 aliphatic heterocycles. The van der Waals surface area contributed by atoms with Gasteiger partial charge in [0.25, 0.3) is 11.5 Å². The topological polar surface area (TPSA) is 77.4 Å². The van der Waals surface area contributed by atoms with Crippen molar-refractivity contribution < 1.29 is 84.6 Å². The van der Waals surface area contributed by atoms with E-state index >= 15 is 0 Å². The fourth-order valence-corrected chi connectivity index (χ4v) is 3.12. The molecule has 1 atom stereocenters. The Balaban J connectivity index is 0.00000675. The zero-order valence-electron chi connectivity index (χ0n) is 31.6. The number of carbonyl (C=O) groups is 1. The number of piperidine rings is 1. The fraction of sp³-hybridized carbons (Fsp3) is 0.579. The number of likely N-dealkylation sites (tertiary alicyclic amines) is 1. The fourth-order valence-electron chi connectivity index (χ4n) is 2.31. The van der Waals surface area contributed by atoms with Crippen molar-refractivity contribution in [3.8, 4) is 5.75 Å². The summed E-state index contributed by atoms with van der Waals surface area (Å²) in [6.07, 6.45) is -11.4. The van der Waals surface area contributed by atoms with E-state index in [-0.39, 0.29) is 66.2 Å². The molecule has 3 rings (SSSR count). The molecule has 0 bridgehead atoms. The third kappa shape index (κ3) is 5.23. The molecular weight excluding hydrogens is 389 g/mol. The van der Waals surface area contributed by atoms with Crippen molar-refractivity contribution in [1.82, 2.24) is 14.8 Å². The van der Waals surface area contributed by atoms with E-state index in [0.717, 1.165) is 6.92 Å². The van der Waals surface area contributed by atoms with Gasteiger partial charge in [-0.2, -0.15) is 0 Å². The number of hydrogen-bond donors (Lipinski definition) is 1. The Labute approximate surface area is 230 Å². The molecule has 1 aliphatic rings. The minimum absolute atomic E-state index is 0. The summed E-state index contributed by atoms with van der Waals surface area (Å²) in [5, 5.41) is 11.9. The first-order valence-electron chi connectivity index (χ1n) is 15.9. The van der Waals surface area contributed by atoms with E-state index in [9.17, 15) is 14.7 Å². The largest absolute Gasteiger partial charge is 1.00 e. The van der Waals surface area contributed by atoms with E-state index in [4.69, 9.17) is 23.3 Å². The van der Waals surface area contributed by atoms with Crippen LogP contribution in [0.25, 0.3) is 10.2 Å². The maximum atomic E-state index is 13.4. The Morgan fingerprint density at radius 2 is 2.30 bits per heavy atom. The summed E-state index contributed by atoms with van der Waals surface area (Å²) in [6, 6.07) is -3.54. The van der Waals surface area contributed by atoms with E-state index in [2.05, 4.69) is 0 Å².